The molecule has 2 fully saturated rings. The Hall–Kier alpha value is -3.94. The molecule has 4 amide bonds. The summed E-state index contributed by atoms with van der Waals surface area (Å²) in [6, 6.07) is 16.2. The number of benzene rings is 3. The molecule has 2 aliphatic rings. The van der Waals surface area contributed by atoms with Gasteiger partial charge in [0.2, 0.25) is 23.6 Å². The van der Waals surface area contributed by atoms with Crippen LogP contribution in [0.5, 0.6) is 0 Å². The quantitative estimate of drug-likeness (QED) is 0.323. The van der Waals surface area contributed by atoms with Crippen LogP contribution in [0, 0.1) is 23.5 Å². The van der Waals surface area contributed by atoms with Gasteiger partial charge >= 0.3 is 0 Å². The number of hydrogen-bond donors (Lipinski definition) is 2. The van der Waals surface area contributed by atoms with Crippen molar-refractivity contribution in [2.24, 2.45) is 11.8 Å². The lowest BCUT2D eigenvalue weighted by Crippen LogP contribution is -2.64. The number of nitrogens with zero attached hydrogens (tertiary/aromatic N) is 2. The highest BCUT2D eigenvalue weighted by molar-refractivity contribution is 9.10. The molecule has 13 heteroatoms. The van der Waals surface area contributed by atoms with Crippen molar-refractivity contribution in [2.75, 3.05) is 9.80 Å². The molecule has 0 aromatic heterocycles. The van der Waals surface area contributed by atoms with E-state index in [9.17, 15) is 28.0 Å². The molecular weight excluding hydrogens is 626 g/mol. The van der Waals surface area contributed by atoms with Crippen molar-refractivity contribution in [3.8, 4) is 0 Å². The van der Waals surface area contributed by atoms with Gasteiger partial charge in [0, 0.05) is 10.4 Å². The van der Waals surface area contributed by atoms with E-state index in [1.165, 1.54) is 24.3 Å². The predicted molar refractivity (Wildman–Crippen MR) is 153 cm³/mol. The van der Waals surface area contributed by atoms with Gasteiger partial charge in [0.25, 0.3) is 0 Å². The van der Waals surface area contributed by atoms with Crippen LogP contribution in [-0.2, 0) is 19.2 Å². The maximum Gasteiger partial charge on any atom is 0.246 e. The third kappa shape index (κ3) is 5.03. The van der Waals surface area contributed by atoms with Crippen LogP contribution in [0.25, 0.3) is 0 Å². The van der Waals surface area contributed by atoms with Crippen molar-refractivity contribution in [1.29, 1.82) is 0 Å². The summed E-state index contributed by atoms with van der Waals surface area (Å²) in [5.74, 6) is -8.86. The minimum absolute atomic E-state index is 0.185. The fraction of sp³-hybridized carbons (Fsp3) is 0.111. The lowest BCUT2D eigenvalue weighted by molar-refractivity contribution is -0.139. The molecule has 0 radical (unpaired) electrons. The van der Waals surface area contributed by atoms with E-state index < -0.39 is 53.0 Å². The van der Waals surface area contributed by atoms with Gasteiger partial charge in [-0.3, -0.25) is 29.0 Å². The molecule has 0 aliphatic carbocycles. The Labute approximate surface area is 245 Å². The van der Waals surface area contributed by atoms with Gasteiger partial charge in [0.05, 0.1) is 11.4 Å². The molecule has 0 bridgehead atoms. The van der Waals surface area contributed by atoms with Crippen molar-refractivity contribution in [1.82, 2.24) is 10.6 Å². The Morgan fingerprint density at radius 3 is 1.40 bits per heavy atom. The first-order valence-corrected chi connectivity index (χ1v) is 13.3. The number of nitrogens with one attached hydrogen (secondary N) is 2. The van der Waals surface area contributed by atoms with Crippen LogP contribution in [0.1, 0.15) is 11.5 Å². The van der Waals surface area contributed by atoms with Gasteiger partial charge in [-0.1, -0.05) is 28.1 Å². The molecule has 5 rings (SSSR count). The number of anilines is 2. The first-order valence-electron chi connectivity index (χ1n) is 11.7. The number of halogens is 3. The fourth-order valence-electron chi connectivity index (χ4n) is 4.75. The van der Waals surface area contributed by atoms with Gasteiger partial charge in [0.15, 0.2) is 10.2 Å². The van der Waals surface area contributed by atoms with E-state index in [0.717, 1.165) is 34.1 Å². The maximum absolute atomic E-state index is 14.0. The second kappa shape index (κ2) is 10.9. The summed E-state index contributed by atoms with van der Waals surface area (Å²) in [4.78, 5) is 56.8. The molecule has 1 unspecified atom stereocenters. The third-order valence-electron chi connectivity index (χ3n) is 6.55. The zero-order valence-electron chi connectivity index (χ0n) is 20.1. The molecule has 0 saturated carbocycles. The average Bonchev–Trinajstić information content (AvgIpc) is 2.90. The van der Waals surface area contributed by atoms with Gasteiger partial charge in [-0.05, 0) is 90.7 Å². The maximum atomic E-state index is 14.0. The van der Waals surface area contributed by atoms with Crippen LogP contribution >= 0.6 is 40.4 Å². The molecule has 2 saturated heterocycles. The van der Waals surface area contributed by atoms with Crippen molar-refractivity contribution in [3.05, 3.63) is 94.5 Å². The Bertz CT molecular complexity index is 1470. The highest BCUT2D eigenvalue weighted by atomic mass is 79.9. The first-order chi connectivity index (χ1) is 19.1. The van der Waals surface area contributed by atoms with Crippen molar-refractivity contribution in [3.63, 3.8) is 0 Å². The normalized spacial score (nSPS) is 20.4. The molecule has 8 nitrogen and oxygen atoms in total. The molecule has 2 N–H and O–H groups in total. The number of hydrogen-bond acceptors (Lipinski definition) is 6. The molecule has 3 atom stereocenters. The third-order valence-corrected chi connectivity index (χ3v) is 7.64. The minimum atomic E-state index is -1.60. The summed E-state index contributed by atoms with van der Waals surface area (Å²) in [5.41, 5.74) is 0.706. The molecule has 2 aliphatic heterocycles. The van der Waals surface area contributed by atoms with E-state index in [1.807, 2.05) is 0 Å². The van der Waals surface area contributed by atoms with E-state index in [2.05, 4.69) is 26.6 Å². The average molecular weight is 643 g/mol. The van der Waals surface area contributed by atoms with Gasteiger partial charge in [-0.15, -0.1) is 0 Å². The van der Waals surface area contributed by atoms with E-state index in [-0.39, 0.29) is 21.6 Å². The number of thiocarbonyl (C=S) groups is 2. The molecule has 2 heterocycles. The van der Waals surface area contributed by atoms with Crippen molar-refractivity contribution < 1.29 is 28.0 Å². The standard InChI is InChI=1S/C27H17BrF2N4O4S2/c28-14-3-1-13(2-4-14)19(20-22(35)31-26(39)33(24(20)37)17-9-5-15(29)6-10-17)21-23(36)32-27(40)34(25(21)38)18-11-7-16(30)8-12-18/h1-12,19-21H,(H,31,35,39)(H,32,36,40)/t19?,20-,21+. The van der Waals surface area contributed by atoms with Crippen LogP contribution < -0.4 is 20.4 Å². The topological polar surface area (TPSA) is 98.8 Å². The molecule has 202 valence electrons. The minimum Gasteiger partial charge on any atom is -0.302 e. The lowest BCUT2D eigenvalue weighted by Gasteiger charge is -2.41. The number of amides is 4. The Morgan fingerprint density at radius 1 is 0.650 bits per heavy atom. The number of carbonyl (C=O) groups is 4. The summed E-state index contributed by atoms with van der Waals surface area (Å²) in [6.45, 7) is 0. The van der Waals surface area contributed by atoms with Crippen LogP contribution in [0.15, 0.2) is 77.3 Å². The lowest BCUT2D eigenvalue weighted by atomic mass is 9.73. The monoisotopic (exact) mass is 642 g/mol. The van der Waals surface area contributed by atoms with E-state index in [1.54, 1.807) is 24.3 Å². The van der Waals surface area contributed by atoms with Crippen LogP contribution in [0.3, 0.4) is 0 Å². The van der Waals surface area contributed by atoms with Crippen LogP contribution in [0.2, 0.25) is 0 Å². The van der Waals surface area contributed by atoms with Crippen molar-refractivity contribution in [2.45, 2.75) is 5.92 Å². The molecule has 0 spiro atoms. The van der Waals surface area contributed by atoms with Crippen LogP contribution in [-0.4, -0.2) is 33.9 Å². The fourth-order valence-corrected chi connectivity index (χ4v) is 5.60. The van der Waals surface area contributed by atoms with E-state index in [4.69, 9.17) is 24.4 Å². The van der Waals surface area contributed by atoms with E-state index >= 15 is 0 Å². The zero-order chi connectivity index (χ0) is 28.7. The second-order valence-corrected chi connectivity index (χ2v) is 10.6. The Kier molecular flexibility index (Phi) is 7.53. The van der Waals surface area contributed by atoms with Gasteiger partial charge in [-0.25, -0.2) is 8.78 Å². The Morgan fingerprint density at radius 2 is 1.02 bits per heavy atom. The van der Waals surface area contributed by atoms with E-state index in [0.29, 0.717) is 10.0 Å². The highest BCUT2D eigenvalue weighted by Gasteiger charge is 2.53. The SMILES string of the molecule is O=C1NC(=S)N(c2ccc(F)cc2)C(=O)[C@@H]1C(c1ccc(Br)cc1)[C@H]1C(=O)NC(=S)N(c2ccc(F)cc2)C1=O. The molecule has 40 heavy (non-hydrogen) atoms. The molecule has 3 aromatic carbocycles. The summed E-state index contributed by atoms with van der Waals surface area (Å²) in [7, 11) is 0. The molecule has 3 aromatic rings. The van der Waals surface area contributed by atoms with Crippen molar-refractivity contribution >= 4 is 85.6 Å². The highest BCUT2D eigenvalue weighted by Crippen LogP contribution is 2.40. The summed E-state index contributed by atoms with van der Waals surface area (Å²) < 4.78 is 27.9. The number of carbonyl (C=O) groups excluding carboxylic acids is 4. The predicted octanol–water partition coefficient (Wildman–Crippen LogP) is 3.94. The summed E-state index contributed by atoms with van der Waals surface area (Å²) in [6.07, 6.45) is 0. The zero-order valence-corrected chi connectivity index (χ0v) is 23.4. The number of rotatable bonds is 5. The summed E-state index contributed by atoms with van der Waals surface area (Å²) in [5, 5.41) is 4.49. The Balaban J connectivity index is 1.63. The summed E-state index contributed by atoms with van der Waals surface area (Å²) >= 11 is 13.8. The largest absolute Gasteiger partial charge is 0.302 e. The van der Waals surface area contributed by atoms with Gasteiger partial charge < -0.3 is 10.6 Å². The molecular formula is C27H17BrF2N4O4S2. The smallest absolute Gasteiger partial charge is 0.246 e. The second-order valence-electron chi connectivity index (χ2n) is 8.92. The first kappa shape index (κ1) is 27.6. The van der Waals surface area contributed by atoms with Crippen LogP contribution in [0.4, 0.5) is 20.2 Å². The van der Waals surface area contributed by atoms with Gasteiger partial charge in [0.1, 0.15) is 23.5 Å². The van der Waals surface area contributed by atoms with Gasteiger partial charge in [-0.2, -0.15) is 0 Å².